The highest BCUT2D eigenvalue weighted by molar-refractivity contribution is 4.93. The molecule has 2 heteroatoms. The number of fused-ring (bicyclic) bond motifs is 1. The Morgan fingerprint density at radius 3 is 2.81 bits per heavy atom. The second kappa shape index (κ2) is 5.83. The zero-order valence-electron chi connectivity index (χ0n) is 10.3. The fourth-order valence-electron chi connectivity index (χ4n) is 3.31. The van der Waals surface area contributed by atoms with Gasteiger partial charge in [-0.15, -0.1) is 6.58 Å². The van der Waals surface area contributed by atoms with Gasteiger partial charge in [0.25, 0.3) is 0 Å². The van der Waals surface area contributed by atoms with Crippen LogP contribution in [0.25, 0.3) is 0 Å². The highest BCUT2D eigenvalue weighted by Crippen LogP contribution is 2.37. The minimum Gasteiger partial charge on any atom is -0.393 e. The number of aliphatic hydroxyl groups excluding tert-OH is 1. The summed E-state index contributed by atoms with van der Waals surface area (Å²) in [6.07, 6.45) is 9.37. The lowest BCUT2D eigenvalue weighted by molar-refractivity contribution is 0.124. The zero-order valence-corrected chi connectivity index (χ0v) is 10.3. The number of hydrogen-bond donors (Lipinski definition) is 1. The van der Waals surface area contributed by atoms with Gasteiger partial charge in [0, 0.05) is 19.0 Å². The third-order valence-corrected chi connectivity index (χ3v) is 4.28. The first-order chi connectivity index (χ1) is 7.81. The normalized spacial score (nSPS) is 34.2. The van der Waals surface area contributed by atoms with E-state index in [4.69, 9.17) is 0 Å². The Morgan fingerprint density at radius 2 is 2.06 bits per heavy atom. The van der Waals surface area contributed by atoms with Crippen LogP contribution < -0.4 is 0 Å². The number of allylic oxidation sites excluding steroid dienone is 1. The van der Waals surface area contributed by atoms with Crippen LogP contribution in [0.2, 0.25) is 0 Å². The molecule has 0 bridgehead atoms. The lowest BCUT2D eigenvalue weighted by atomic mass is 10.00. The van der Waals surface area contributed by atoms with Crippen LogP contribution in [-0.2, 0) is 0 Å². The summed E-state index contributed by atoms with van der Waals surface area (Å²) in [6, 6.07) is 0. The van der Waals surface area contributed by atoms with Gasteiger partial charge in [0.15, 0.2) is 0 Å². The number of aliphatic hydroxyl groups is 1. The van der Waals surface area contributed by atoms with Crippen molar-refractivity contribution in [2.45, 2.75) is 44.6 Å². The molecule has 0 aromatic rings. The first-order valence-corrected chi connectivity index (χ1v) is 6.82. The molecule has 16 heavy (non-hydrogen) atoms. The summed E-state index contributed by atoms with van der Waals surface area (Å²) in [5, 5.41) is 9.82. The Balaban J connectivity index is 1.60. The van der Waals surface area contributed by atoms with E-state index < -0.39 is 0 Å². The van der Waals surface area contributed by atoms with Gasteiger partial charge in [-0.1, -0.05) is 12.5 Å². The number of unbranched alkanes of at least 4 members (excludes halogenated alkanes) is 3. The van der Waals surface area contributed by atoms with Gasteiger partial charge in [-0.05, 0) is 44.6 Å². The number of likely N-dealkylation sites (tertiary alicyclic amines) is 1. The average molecular weight is 223 g/mol. The fourth-order valence-corrected chi connectivity index (χ4v) is 3.31. The topological polar surface area (TPSA) is 23.5 Å². The first-order valence-electron chi connectivity index (χ1n) is 6.82. The molecule has 0 aromatic heterocycles. The Kier molecular flexibility index (Phi) is 4.42. The second-order valence-corrected chi connectivity index (χ2v) is 5.47. The van der Waals surface area contributed by atoms with Crippen molar-refractivity contribution in [3.63, 3.8) is 0 Å². The fraction of sp³-hybridized carbons (Fsp3) is 0.857. The first kappa shape index (κ1) is 12.1. The van der Waals surface area contributed by atoms with Crippen LogP contribution in [0.3, 0.4) is 0 Å². The van der Waals surface area contributed by atoms with E-state index in [-0.39, 0.29) is 6.10 Å². The zero-order chi connectivity index (χ0) is 11.4. The lowest BCUT2D eigenvalue weighted by Crippen LogP contribution is -2.25. The summed E-state index contributed by atoms with van der Waals surface area (Å²) in [7, 11) is 0. The van der Waals surface area contributed by atoms with E-state index >= 15 is 0 Å². The molecule has 0 amide bonds. The summed E-state index contributed by atoms with van der Waals surface area (Å²) < 4.78 is 0. The molecule has 2 aliphatic rings. The van der Waals surface area contributed by atoms with Crippen LogP contribution in [0.15, 0.2) is 12.7 Å². The number of nitrogens with zero attached hydrogens (tertiary/aromatic N) is 1. The molecule has 1 heterocycles. The highest BCUT2D eigenvalue weighted by Gasteiger charge is 2.41. The van der Waals surface area contributed by atoms with E-state index in [9.17, 15) is 5.11 Å². The second-order valence-electron chi connectivity index (χ2n) is 5.47. The molecule has 0 radical (unpaired) electrons. The molecule has 2 fully saturated rings. The van der Waals surface area contributed by atoms with Crippen molar-refractivity contribution < 1.29 is 5.11 Å². The predicted octanol–water partition coefficient (Wildman–Crippen LogP) is 2.44. The van der Waals surface area contributed by atoms with Crippen LogP contribution in [0.1, 0.15) is 38.5 Å². The maximum atomic E-state index is 9.82. The van der Waals surface area contributed by atoms with Crippen molar-refractivity contribution in [2.75, 3.05) is 19.6 Å². The third kappa shape index (κ3) is 2.86. The minimum absolute atomic E-state index is 0.00392. The molecule has 1 N–H and O–H groups in total. The molecule has 1 saturated heterocycles. The van der Waals surface area contributed by atoms with Crippen molar-refractivity contribution in [2.24, 2.45) is 11.8 Å². The Labute approximate surface area is 99.3 Å². The van der Waals surface area contributed by atoms with Crippen LogP contribution in [-0.4, -0.2) is 35.7 Å². The highest BCUT2D eigenvalue weighted by atomic mass is 16.3. The van der Waals surface area contributed by atoms with Crippen molar-refractivity contribution >= 4 is 0 Å². The van der Waals surface area contributed by atoms with E-state index in [2.05, 4.69) is 11.5 Å². The lowest BCUT2D eigenvalue weighted by Gasteiger charge is -2.17. The molecular weight excluding hydrogens is 198 g/mol. The molecule has 0 spiro atoms. The summed E-state index contributed by atoms with van der Waals surface area (Å²) in [5.74, 6) is 1.39. The largest absolute Gasteiger partial charge is 0.393 e. The standard InChI is InChI=1S/C14H25NO/c1-2-3-4-5-6-9-15-10-12-7-8-14(16)13(12)11-15/h2,12-14,16H,1,3-11H2. The van der Waals surface area contributed by atoms with Gasteiger partial charge in [0.2, 0.25) is 0 Å². The van der Waals surface area contributed by atoms with Crippen molar-refractivity contribution in [3.05, 3.63) is 12.7 Å². The quantitative estimate of drug-likeness (QED) is 0.552. The van der Waals surface area contributed by atoms with Gasteiger partial charge in [-0.3, -0.25) is 0 Å². The van der Waals surface area contributed by atoms with E-state index in [1.165, 1.54) is 38.8 Å². The maximum absolute atomic E-state index is 9.82. The Morgan fingerprint density at radius 1 is 1.19 bits per heavy atom. The molecule has 0 aromatic carbocycles. The molecule has 3 atom stereocenters. The van der Waals surface area contributed by atoms with E-state index in [1.54, 1.807) is 0 Å². The van der Waals surface area contributed by atoms with Gasteiger partial charge < -0.3 is 10.0 Å². The Bertz CT molecular complexity index is 229. The molecular formula is C14H25NO. The molecule has 1 saturated carbocycles. The number of hydrogen-bond acceptors (Lipinski definition) is 2. The number of rotatable bonds is 6. The van der Waals surface area contributed by atoms with Crippen LogP contribution in [0.4, 0.5) is 0 Å². The van der Waals surface area contributed by atoms with Gasteiger partial charge >= 0.3 is 0 Å². The molecule has 92 valence electrons. The van der Waals surface area contributed by atoms with Crippen LogP contribution in [0.5, 0.6) is 0 Å². The van der Waals surface area contributed by atoms with E-state index in [0.29, 0.717) is 5.92 Å². The summed E-state index contributed by atoms with van der Waals surface area (Å²) in [4.78, 5) is 2.56. The SMILES string of the molecule is C=CCCCCCN1CC2CCC(O)C2C1. The molecule has 3 unspecified atom stereocenters. The predicted molar refractivity (Wildman–Crippen MR) is 67.3 cm³/mol. The molecule has 2 nitrogen and oxygen atoms in total. The monoisotopic (exact) mass is 223 g/mol. The van der Waals surface area contributed by atoms with Gasteiger partial charge in [-0.2, -0.15) is 0 Å². The summed E-state index contributed by atoms with van der Waals surface area (Å²) >= 11 is 0. The minimum atomic E-state index is -0.00392. The summed E-state index contributed by atoms with van der Waals surface area (Å²) in [5.41, 5.74) is 0. The van der Waals surface area contributed by atoms with Gasteiger partial charge in [-0.25, -0.2) is 0 Å². The smallest absolute Gasteiger partial charge is 0.0583 e. The molecule has 2 rings (SSSR count). The molecule has 1 aliphatic heterocycles. The van der Waals surface area contributed by atoms with Crippen molar-refractivity contribution in [1.29, 1.82) is 0 Å². The van der Waals surface area contributed by atoms with Crippen molar-refractivity contribution in [3.8, 4) is 0 Å². The Hall–Kier alpha value is -0.340. The van der Waals surface area contributed by atoms with E-state index in [1.807, 2.05) is 6.08 Å². The maximum Gasteiger partial charge on any atom is 0.0583 e. The van der Waals surface area contributed by atoms with Gasteiger partial charge in [0.1, 0.15) is 0 Å². The average Bonchev–Trinajstić information content (AvgIpc) is 2.81. The summed E-state index contributed by atoms with van der Waals surface area (Å²) in [6.45, 7) is 7.36. The van der Waals surface area contributed by atoms with Crippen LogP contribution in [0, 0.1) is 11.8 Å². The molecule has 1 aliphatic carbocycles. The van der Waals surface area contributed by atoms with Crippen LogP contribution >= 0.6 is 0 Å². The van der Waals surface area contributed by atoms with Gasteiger partial charge in [0.05, 0.1) is 6.10 Å². The van der Waals surface area contributed by atoms with Crippen molar-refractivity contribution in [1.82, 2.24) is 4.90 Å². The third-order valence-electron chi connectivity index (χ3n) is 4.28. The van der Waals surface area contributed by atoms with E-state index in [0.717, 1.165) is 25.3 Å².